The third-order valence-corrected chi connectivity index (χ3v) is 7.72. The van der Waals surface area contributed by atoms with Crippen molar-refractivity contribution >= 4 is 22.9 Å². The van der Waals surface area contributed by atoms with E-state index in [4.69, 9.17) is 33.2 Å². The molecule has 2 aromatic carbocycles. The molecule has 0 bridgehead atoms. The smallest absolute Gasteiger partial charge is 0.317 e. The lowest BCUT2D eigenvalue weighted by molar-refractivity contribution is -0.278. The Kier molecular flexibility index (Phi) is 10.5. The molecular weight excluding hydrogens is 648 g/mol. The summed E-state index contributed by atoms with van der Waals surface area (Å²) in [6.45, 7) is -1.32. The summed E-state index contributed by atoms with van der Waals surface area (Å²) in [5.41, 5.74) is -0.452. The molecule has 3 heterocycles. The van der Waals surface area contributed by atoms with Crippen molar-refractivity contribution in [3.8, 4) is 28.4 Å². The minimum Gasteiger partial charge on any atom is -0.507 e. The molecule has 48 heavy (non-hydrogen) atoms. The van der Waals surface area contributed by atoms with Gasteiger partial charge < -0.3 is 74.1 Å². The highest BCUT2D eigenvalue weighted by Crippen LogP contribution is 2.33. The van der Waals surface area contributed by atoms with Crippen LogP contribution in [-0.4, -0.2) is 133 Å². The fourth-order valence-electron chi connectivity index (χ4n) is 5.12. The quantitative estimate of drug-likeness (QED) is 0.0793. The first-order chi connectivity index (χ1) is 22.8. The summed E-state index contributed by atoms with van der Waals surface area (Å²) in [7, 11) is 0. The molecule has 5 rings (SSSR count). The molecule has 2 fully saturated rings. The number of esters is 1. The molecule has 0 aliphatic carbocycles. The zero-order valence-corrected chi connectivity index (χ0v) is 24.6. The van der Waals surface area contributed by atoms with Crippen molar-refractivity contribution in [3.05, 3.63) is 52.9 Å². The van der Waals surface area contributed by atoms with Crippen LogP contribution in [0, 0.1) is 0 Å². The van der Waals surface area contributed by atoms with Gasteiger partial charge in [-0.2, -0.15) is 0 Å². The molecule has 18 nitrogen and oxygen atoms in total. The Morgan fingerprint density at radius 1 is 0.771 bits per heavy atom. The Labute approximate surface area is 269 Å². The highest BCUT2D eigenvalue weighted by Gasteiger charge is 2.46. The van der Waals surface area contributed by atoms with E-state index in [2.05, 4.69) is 0 Å². The average Bonchev–Trinajstić information content (AvgIpc) is 3.04. The Bertz CT molecular complexity index is 1670. The van der Waals surface area contributed by atoms with Crippen molar-refractivity contribution in [1.82, 2.24) is 0 Å². The lowest BCUT2D eigenvalue weighted by atomic mass is 9.99. The first-order valence-corrected chi connectivity index (χ1v) is 14.4. The second-order valence-electron chi connectivity index (χ2n) is 11.0. The Morgan fingerprint density at radius 2 is 1.35 bits per heavy atom. The first-order valence-electron chi connectivity index (χ1n) is 14.4. The van der Waals surface area contributed by atoms with Crippen molar-refractivity contribution in [2.45, 2.75) is 67.8 Å². The summed E-state index contributed by atoms with van der Waals surface area (Å²) in [6, 6.07) is 7.95. The number of fused-ring (bicyclic) bond motifs is 1. The second-order valence-corrected chi connectivity index (χ2v) is 11.0. The lowest BCUT2D eigenvalue weighted by Crippen LogP contribution is -2.60. The molecule has 0 spiro atoms. The molecule has 2 saturated heterocycles. The molecule has 10 atom stereocenters. The molecular formula is C30H32O18. The van der Waals surface area contributed by atoms with Crippen LogP contribution in [0.4, 0.5) is 0 Å². The summed E-state index contributed by atoms with van der Waals surface area (Å²) in [5, 5.41) is 89.5. The molecule has 260 valence electrons. The number of hydrogen-bond donors (Lipinski definition) is 9. The molecule has 1 aromatic heterocycles. The highest BCUT2D eigenvalue weighted by molar-refractivity contribution is 5.90. The standard InChI is InChI=1S/C30H32O18/c31-8-17-23(37)25(39)27(41)29(47-17)45-12-3-1-11(2-4-12)14-9-43-16-6-13(5-15(32)21(16)22(14)36)46-30-28(42)26(40)24(38)18(48-30)10-44-20(35)7-19(33)34/h1-6,9,17-18,23-32,37-42H,7-8,10H2,(H,33,34)/t17-,18-,23-,24-,25+,26+,27-,28-,29-,30-/m1/s1. The molecule has 0 saturated carbocycles. The van der Waals surface area contributed by atoms with Gasteiger partial charge in [-0.15, -0.1) is 0 Å². The number of carbonyl (C=O) groups excluding carboxylic acids is 1. The summed E-state index contributed by atoms with van der Waals surface area (Å²) in [5.74, 6) is -3.23. The van der Waals surface area contributed by atoms with Gasteiger partial charge in [0.1, 0.15) is 96.3 Å². The van der Waals surface area contributed by atoms with Gasteiger partial charge in [0.05, 0.1) is 12.2 Å². The van der Waals surface area contributed by atoms with Crippen molar-refractivity contribution in [2.24, 2.45) is 0 Å². The van der Waals surface area contributed by atoms with E-state index in [0.717, 1.165) is 12.3 Å². The van der Waals surface area contributed by atoms with Crippen LogP contribution < -0.4 is 14.9 Å². The van der Waals surface area contributed by atoms with E-state index in [-0.39, 0.29) is 28.0 Å². The van der Waals surface area contributed by atoms with Gasteiger partial charge in [0.2, 0.25) is 18.0 Å². The third kappa shape index (κ3) is 7.21. The average molecular weight is 681 g/mol. The Morgan fingerprint density at radius 3 is 1.96 bits per heavy atom. The van der Waals surface area contributed by atoms with Gasteiger partial charge in [0, 0.05) is 12.1 Å². The van der Waals surface area contributed by atoms with Crippen molar-refractivity contribution in [2.75, 3.05) is 13.2 Å². The van der Waals surface area contributed by atoms with E-state index >= 15 is 0 Å². The zero-order valence-electron chi connectivity index (χ0n) is 24.6. The van der Waals surface area contributed by atoms with Crippen molar-refractivity contribution in [1.29, 1.82) is 0 Å². The SMILES string of the molecule is O=C(O)CC(=O)OC[C@H]1O[C@@H](Oc2cc(O)c3c(=O)c(-c4ccc(O[C@@H]5O[C@H](CO)[C@@H](O)[C@H](O)[C@H]5O)cc4)coc3c2)[C@H](O)[C@@H](O)[C@@H]1O. The predicted octanol–water partition coefficient (Wildman–Crippen LogP) is -2.45. The van der Waals surface area contributed by atoms with Crippen LogP contribution in [0.2, 0.25) is 0 Å². The minimum atomic E-state index is -1.84. The maximum Gasteiger partial charge on any atom is 0.317 e. The van der Waals surface area contributed by atoms with E-state index in [1.807, 2.05) is 0 Å². The maximum atomic E-state index is 13.4. The van der Waals surface area contributed by atoms with Crippen LogP contribution in [-0.2, 0) is 23.8 Å². The van der Waals surface area contributed by atoms with E-state index in [9.17, 15) is 55.2 Å². The van der Waals surface area contributed by atoms with Gasteiger partial charge in [-0.3, -0.25) is 14.4 Å². The van der Waals surface area contributed by atoms with E-state index in [1.165, 1.54) is 30.3 Å². The number of aliphatic carboxylic acids is 1. The molecule has 2 aliphatic rings. The number of carbonyl (C=O) groups is 2. The van der Waals surface area contributed by atoms with Crippen LogP contribution in [0.5, 0.6) is 17.2 Å². The molecule has 9 N–H and O–H groups in total. The summed E-state index contributed by atoms with van der Waals surface area (Å²) >= 11 is 0. The number of rotatable bonds is 10. The van der Waals surface area contributed by atoms with Crippen LogP contribution in [0.15, 0.2) is 51.9 Å². The van der Waals surface area contributed by atoms with Crippen molar-refractivity contribution in [3.63, 3.8) is 0 Å². The van der Waals surface area contributed by atoms with Gasteiger partial charge >= 0.3 is 11.9 Å². The summed E-state index contributed by atoms with van der Waals surface area (Å²) < 4.78 is 32.2. The molecule has 18 heteroatoms. The van der Waals surface area contributed by atoms with Gasteiger partial charge in [-0.1, -0.05) is 12.1 Å². The van der Waals surface area contributed by atoms with Gasteiger partial charge in [0.15, 0.2) is 0 Å². The topological polar surface area (TPSA) is 293 Å². The Balaban J connectivity index is 1.30. The molecule has 3 aromatic rings. The molecule has 0 radical (unpaired) electrons. The number of benzene rings is 2. The Hall–Kier alpha value is -4.37. The fourth-order valence-corrected chi connectivity index (χ4v) is 5.12. The number of carboxylic acids is 1. The number of aliphatic hydroxyl groups excluding tert-OH is 7. The number of aromatic hydroxyl groups is 1. The first kappa shape index (κ1) is 35.0. The summed E-state index contributed by atoms with van der Waals surface area (Å²) in [4.78, 5) is 35.6. The molecule has 0 amide bonds. The number of ether oxygens (including phenoxy) is 5. The zero-order chi connectivity index (χ0) is 34.9. The van der Waals surface area contributed by atoms with Crippen molar-refractivity contribution < 1.29 is 83.6 Å². The highest BCUT2D eigenvalue weighted by atomic mass is 16.7. The maximum absolute atomic E-state index is 13.4. The van der Waals surface area contributed by atoms with E-state index in [0.29, 0.717) is 5.56 Å². The number of phenols is 1. The molecule has 2 aliphatic heterocycles. The van der Waals surface area contributed by atoms with E-state index in [1.54, 1.807) is 0 Å². The monoisotopic (exact) mass is 680 g/mol. The lowest BCUT2D eigenvalue weighted by Gasteiger charge is -2.39. The third-order valence-electron chi connectivity index (χ3n) is 7.72. The van der Waals surface area contributed by atoms with Crippen LogP contribution >= 0.6 is 0 Å². The van der Waals surface area contributed by atoms with Crippen LogP contribution in [0.3, 0.4) is 0 Å². The molecule has 0 unspecified atom stereocenters. The number of phenolic OH excluding ortho intramolecular Hbond substituents is 1. The van der Waals surface area contributed by atoms with Crippen LogP contribution in [0.25, 0.3) is 22.1 Å². The minimum absolute atomic E-state index is 0.0225. The summed E-state index contributed by atoms with van der Waals surface area (Å²) in [6.07, 6.45) is -15.8. The normalized spacial score (nSPS) is 30.5. The predicted molar refractivity (Wildman–Crippen MR) is 155 cm³/mol. The van der Waals surface area contributed by atoms with Gasteiger partial charge in [0.25, 0.3) is 0 Å². The second kappa shape index (κ2) is 14.4. The van der Waals surface area contributed by atoms with Gasteiger partial charge in [-0.05, 0) is 17.7 Å². The fraction of sp³-hybridized carbons (Fsp3) is 0.433. The number of carboxylic acid groups (broad SMARTS) is 1. The van der Waals surface area contributed by atoms with E-state index < -0.39 is 104 Å². The van der Waals surface area contributed by atoms with Gasteiger partial charge in [-0.25, -0.2) is 0 Å². The number of aliphatic hydroxyl groups is 7. The largest absolute Gasteiger partial charge is 0.507 e. The number of hydrogen-bond acceptors (Lipinski definition) is 17. The van der Waals surface area contributed by atoms with Crippen LogP contribution in [0.1, 0.15) is 6.42 Å².